The van der Waals surface area contributed by atoms with Crippen molar-refractivity contribution in [2.24, 2.45) is 0 Å². The van der Waals surface area contributed by atoms with Crippen molar-refractivity contribution in [3.8, 4) is 33.6 Å². The summed E-state index contributed by atoms with van der Waals surface area (Å²) < 4.78 is 13.2. The number of furan rings is 2. The molecule has 0 bridgehead atoms. The van der Waals surface area contributed by atoms with Crippen LogP contribution < -0.4 is 4.90 Å². The molecule has 3 nitrogen and oxygen atoms in total. The minimum absolute atomic E-state index is 0.803. The summed E-state index contributed by atoms with van der Waals surface area (Å²) in [7, 11) is 0. The highest BCUT2D eigenvalue weighted by molar-refractivity contribution is 6.18. The third-order valence-corrected chi connectivity index (χ3v) is 10.9. The van der Waals surface area contributed by atoms with Crippen molar-refractivity contribution >= 4 is 71.5 Å². The highest BCUT2D eigenvalue weighted by Crippen LogP contribution is 2.45. The smallest absolute Gasteiger partial charge is 0.146 e. The van der Waals surface area contributed by atoms with Crippen molar-refractivity contribution in [1.29, 1.82) is 0 Å². The fourth-order valence-corrected chi connectivity index (χ4v) is 8.27. The van der Waals surface area contributed by atoms with Crippen molar-refractivity contribution in [1.82, 2.24) is 0 Å². The van der Waals surface area contributed by atoms with Crippen molar-refractivity contribution < 1.29 is 8.83 Å². The van der Waals surface area contributed by atoms with Gasteiger partial charge in [0.2, 0.25) is 0 Å². The van der Waals surface area contributed by atoms with E-state index in [1.165, 1.54) is 32.7 Å². The molecule has 2 aromatic heterocycles. The second-order valence-corrected chi connectivity index (χ2v) is 14.1. The molecular weight excluding hydrogens is 671 g/mol. The van der Waals surface area contributed by atoms with Crippen LogP contribution in [-0.2, 0) is 0 Å². The fraction of sp³-hybridized carbons (Fsp3) is 0. The predicted octanol–water partition coefficient (Wildman–Crippen LogP) is 15.1. The average molecular weight is 704 g/mol. The number of rotatable bonds is 6. The Morgan fingerprint density at radius 3 is 1.82 bits per heavy atom. The molecule has 55 heavy (non-hydrogen) atoms. The molecule has 0 aliphatic carbocycles. The van der Waals surface area contributed by atoms with Gasteiger partial charge in [0.05, 0.1) is 11.1 Å². The standard InChI is InChI=1S/C52H33NO2/c1-3-13-34(14-4-1)42-19-11-12-22-47(42)53(39-26-23-35(24-27-39)46-31-37-17-7-8-18-41(37)43-20-9-10-21-44(43)46)40-28-29-45-50(33-40)54-48-30-25-38-32-49(55-52(38)51(45)48)36-15-5-2-6-16-36/h1-33H. The maximum absolute atomic E-state index is 6.62. The Kier molecular flexibility index (Phi) is 7.17. The molecule has 258 valence electrons. The molecule has 0 fully saturated rings. The molecule has 0 spiro atoms. The third-order valence-electron chi connectivity index (χ3n) is 10.9. The summed E-state index contributed by atoms with van der Waals surface area (Å²) in [6.45, 7) is 0. The summed E-state index contributed by atoms with van der Waals surface area (Å²) >= 11 is 0. The van der Waals surface area contributed by atoms with Gasteiger partial charge in [0.15, 0.2) is 0 Å². The van der Waals surface area contributed by atoms with E-state index in [-0.39, 0.29) is 0 Å². The Morgan fingerprint density at radius 2 is 1.00 bits per heavy atom. The molecular formula is C52H33NO2. The Hall–Kier alpha value is -7.36. The van der Waals surface area contributed by atoms with E-state index in [4.69, 9.17) is 8.83 Å². The van der Waals surface area contributed by atoms with Gasteiger partial charge in [0.1, 0.15) is 22.5 Å². The number of nitrogens with zero attached hydrogens (tertiary/aromatic N) is 1. The molecule has 0 atom stereocenters. The predicted molar refractivity (Wildman–Crippen MR) is 229 cm³/mol. The summed E-state index contributed by atoms with van der Waals surface area (Å²) in [6, 6.07) is 70.9. The Labute approximate surface area is 317 Å². The molecule has 0 saturated carbocycles. The first-order valence-corrected chi connectivity index (χ1v) is 18.7. The van der Waals surface area contributed by atoms with E-state index in [0.29, 0.717) is 0 Å². The monoisotopic (exact) mass is 703 g/mol. The first kappa shape index (κ1) is 31.2. The Bertz CT molecular complexity index is 3190. The Balaban J connectivity index is 1.08. The topological polar surface area (TPSA) is 29.5 Å². The number of benzene rings is 9. The van der Waals surface area contributed by atoms with Crippen molar-refractivity contribution in [3.63, 3.8) is 0 Å². The molecule has 0 amide bonds. The quantitative estimate of drug-likeness (QED) is 0.162. The van der Waals surface area contributed by atoms with Crippen LogP contribution in [0.1, 0.15) is 0 Å². The van der Waals surface area contributed by atoms with Crippen LogP contribution >= 0.6 is 0 Å². The lowest BCUT2D eigenvalue weighted by Gasteiger charge is -2.28. The van der Waals surface area contributed by atoms with Gasteiger partial charge in [-0.2, -0.15) is 0 Å². The zero-order valence-corrected chi connectivity index (χ0v) is 29.8. The van der Waals surface area contributed by atoms with Gasteiger partial charge in [-0.1, -0.05) is 140 Å². The van der Waals surface area contributed by atoms with E-state index >= 15 is 0 Å². The highest BCUT2D eigenvalue weighted by atomic mass is 16.3. The molecule has 0 aliphatic heterocycles. The molecule has 0 saturated heterocycles. The second kappa shape index (κ2) is 12.6. The van der Waals surface area contributed by atoms with Crippen LogP contribution in [0.2, 0.25) is 0 Å². The van der Waals surface area contributed by atoms with Crippen molar-refractivity contribution in [2.45, 2.75) is 0 Å². The molecule has 2 heterocycles. The second-order valence-electron chi connectivity index (χ2n) is 14.1. The zero-order valence-electron chi connectivity index (χ0n) is 29.8. The van der Waals surface area contributed by atoms with Gasteiger partial charge in [-0.3, -0.25) is 0 Å². The van der Waals surface area contributed by atoms with Gasteiger partial charge in [-0.25, -0.2) is 0 Å². The van der Waals surface area contributed by atoms with Crippen molar-refractivity contribution in [3.05, 3.63) is 200 Å². The van der Waals surface area contributed by atoms with Gasteiger partial charge in [-0.15, -0.1) is 0 Å². The molecule has 11 aromatic rings. The minimum Gasteiger partial charge on any atom is -0.456 e. The lowest BCUT2D eigenvalue weighted by Crippen LogP contribution is -2.11. The van der Waals surface area contributed by atoms with Crippen LogP contribution in [-0.4, -0.2) is 0 Å². The fourth-order valence-electron chi connectivity index (χ4n) is 8.27. The molecule has 0 radical (unpaired) electrons. The van der Waals surface area contributed by atoms with E-state index in [2.05, 4.69) is 187 Å². The largest absolute Gasteiger partial charge is 0.456 e. The average Bonchev–Trinajstić information content (AvgIpc) is 3.86. The minimum atomic E-state index is 0.803. The van der Waals surface area contributed by atoms with Gasteiger partial charge in [-0.05, 0) is 92.8 Å². The van der Waals surface area contributed by atoms with Gasteiger partial charge in [0, 0.05) is 39.3 Å². The van der Waals surface area contributed by atoms with Crippen LogP contribution in [0.5, 0.6) is 0 Å². The summed E-state index contributed by atoms with van der Waals surface area (Å²) in [5.41, 5.74) is 11.3. The van der Waals surface area contributed by atoms with Gasteiger partial charge >= 0.3 is 0 Å². The number of fused-ring (bicyclic) bond motifs is 8. The van der Waals surface area contributed by atoms with Crippen LogP contribution in [0.4, 0.5) is 17.1 Å². The summed E-state index contributed by atoms with van der Waals surface area (Å²) in [5, 5.41) is 8.08. The van der Waals surface area contributed by atoms with E-state index in [1.54, 1.807) is 0 Å². The van der Waals surface area contributed by atoms with E-state index in [1.807, 2.05) is 18.2 Å². The van der Waals surface area contributed by atoms with E-state index in [0.717, 1.165) is 72.4 Å². The lowest BCUT2D eigenvalue weighted by atomic mass is 9.93. The molecule has 9 aromatic carbocycles. The van der Waals surface area contributed by atoms with Crippen LogP contribution in [0.15, 0.2) is 209 Å². The number of para-hydroxylation sites is 1. The van der Waals surface area contributed by atoms with Crippen LogP contribution in [0, 0.1) is 0 Å². The van der Waals surface area contributed by atoms with E-state index < -0.39 is 0 Å². The van der Waals surface area contributed by atoms with E-state index in [9.17, 15) is 0 Å². The molecule has 0 N–H and O–H groups in total. The first-order chi connectivity index (χ1) is 27.3. The van der Waals surface area contributed by atoms with Gasteiger partial charge in [0.25, 0.3) is 0 Å². The molecule has 0 unspecified atom stereocenters. The summed E-state index contributed by atoms with van der Waals surface area (Å²) in [5.74, 6) is 0.845. The molecule has 3 heteroatoms. The van der Waals surface area contributed by atoms with Crippen LogP contribution in [0.25, 0.3) is 88.0 Å². The molecule has 0 aliphatic rings. The summed E-state index contributed by atoms with van der Waals surface area (Å²) in [4.78, 5) is 2.34. The normalized spacial score (nSPS) is 11.6. The highest BCUT2D eigenvalue weighted by Gasteiger charge is 2.21. The summed E-state index contributed by atoms with van der Waals surface area (Å²) in [6.07, 6.45) is 0. The first-order valence-electron chi connectivity index (χ1n) is 18.7. The van der Waals surface area contributed by atoms with Crippen LogP contribution in [0.3, 0.4) is 0 Å². The number of hydrogen-bond acceptors (Lipinski definition) is 3. The van der Waals surface area contributed by atoms with Gasteiger partial charge < -0.3 is 13.7 Å². The number of hydrogen-bond donors (Lipinski definition) is 0. The Morgan fingerprint density at radius 1 is 0.345 bits per heavy atom. The lowest BCUT2D eigenvalue weighted by molar-refractivity contribution is 0.633. The third kappa shape index (κ3) is 5.20. The molecule has 11 rings (SSSR count). The SMILES string of the molecule is c1ccc(-c2cc3ccc4oc5cc(N(c6ccc(-c7cc8ccccc8c8ccccc78)cc6)c6ccccc6-c6ccccc6)ccc5c4c3o2)cc1. The number of anilines is 3. The van der Waals surface area contributed by atoms with Crippen molar-refractivity contribution in [2.75, 3.05) is 4.90 Å². The zero-order chi connectivity index (χ0) is 36.3. The maximum Gasteiger partial charge on any atom is 0.146 e. The maximum atomic E-state index is 6.62.